The van der Waals surface area contributed by atoms with E-state index in [0.29, 0.717) is 0 Å². The summed E-state index contributed by atoms with van der Waals surface area (Å²) < 4.78 is 0. The molecule has 0 spiro atoms. The Bertz CT molecular complexity index is 97.7. The first kappa shape index (κ1) is 9.40. The minimum atomic E-state index is 0.800. The van der Waals surface area contributed by atoms with Crippen LogP contribution in [0.15, 0.2) is 0 Å². The average molecular weight is 173 g/mol. The van der Waals surface area contributed by atoms with Crippen LogP contribution in [0.1, 0.15) is 26.7 Å². The van der Waals surface area contributed by atoms with Crippen molar-refractivity contribution in [3.8, 4) is 0 Å². The molecule has 1 atom stereocenters. The van der Waals surface area contributed by atoms with E-state index in [1.165, 1.54) is 37.4 Å². The first-order valence-corrected chi connectivity index (χ1v) is 5.82. The first-order chi connectivity index (χ1) is 5.34. The molecule has 0 bridgehead atoms. The standard InChI is InChI=1S/C9H19NS/c1-3-9(2)10-5-4-7-11-8-6-10/h9H,3-8H2,1-2H3. The van der Waals surface area contributed by atoms with Crippen LogP contribution in [0.25, 0.3) is 0 Å². The zero-order valence-electron chi connectivity index (χ0n) is 7.68. The van der Waals surface area contributed by atoms with Gasteiger partial charge in [0.05, 0.1) is 0 Å². The lowest BCUT2D eigenvalue weighted by Gasteiger charge is -2.25. The molecule has 0 aliphatic carbocycles. The summed E-state index contributed by atoms with van der Waals surface area (Å²) in [7, 11) is 0. The lowest BCUT2D eigenvalue weighted by Crippen LogP contribution is -2.34. The van der Waals surface area contributed by atoms with Gasteiger partial charge >= 0.3 is 0 Å². The third-order valence-electron chi connectivity index (χ3n) is 2.47. The van der Waals surface area contributed by atoms with Crippen LogP contribution >= 0.6 is 11.8 Å². The molecular weight excluding hydrogens is 154 g/mol. The molecule has 0 amide bonds. The van der Waals surface area contributed by atoms with E-state index in [2.05, 4.69) is 30.5 Å². The average Bonchev–Trinajstić information content (AvgIpc) is 2.30. The molecule has 11 heavy (non-hydrogen) atoms. The molecule has 0 radical (unpaired) electrons. The number of hydrogen-bond donors (Lipinski definition) is 0. The van der Waals surface area contributed by atoms with Crippen molar-refractivity contribution in [3.05, 3.63) is 0 Å². The fourth-order valence-electron chi connectivity index (χ4n) is 1.46. The molecule has 1 saturated heterocycles. The van der Waals surface area contributed by atoms with Crippen molar-refractivity contribution in [2.75, 3.05) is 24.6 Å². The molecule has 1 nitrogen and oxygen atoms in total. The predicted molar refractivity (Wildman–Crippen MR) is 53.3 cm³/mol. The van der Waals surface area contributed by atoms with Crippen molar-refractivity contribution >= 4 is 11.8 Å². The van der Waals surface area contributed by atoms with Crippen LogP contribution < -0.4 is 0 Å². The zero-order valence-corrected chi connectivity index (χ0v) is 8.49. The summed E-state index contributed by atoms with van der Waals surface area (Å²) in [5.41, 5.74) is 0. The second-order valence-corrected chi connectivity index (χ2v) is 4.48. The van der Waals surface area contributed by atoms with Gasteiger partial charge in [-0.2, -0.15) is 11.8 Å². The Morgan fingerprint density at radius 3 is 2.91 bits per heavy atom. The lowest BCUT2D eigenvalue weighted by molar-refractivity contribution is 0.220. The highest BCUT2D eigenvalue weighted by atomic mass is 32.2. The maximum absolute atomic E-state index is 2.62. The van der Waals surface area contributed by atoms with Gasteiger partial charge in [0.1, 0.15) is 0 Å². The molecule has 2 heteroatoms. The normalized spacial score (nSPS) is 24.5. The number of rotatable bonds is 2. The summed E-state index contributed by atoms with van der Waals surface area (Å²) in [6.45, 7) is 7.25. The van der Waals surface area contributed by atoms with Gasteiger partial charge in [0.15, 0.2) is 0 Å². The molecule has 1 unspecified atom stereocenters. The Morgan fingerprint density at radius 2 is 2.18 bits per heavy atom. The fourth-order valence-corrected chi connectivity index (χ4v) is 2.37. The van der Waals surface area contributed by atoms with Crippen molar-refractivity contribution in [3.63, 3.8) is 0 Å². The maximum atomic E-state index is 2.62. The lowest BCUT2D eigenvalue weighted by atomic mass is 10.2. The molecule has 1 rings (SSSR count). The molecule has 0 aromatic heterocycles. The second kappa shape index (κ2) is 5.04. The Hall–Kier alpha value is 0.310. The van der Waals surface area contributed by atoms with Crippen LogP contribution in [-0.4, -0.2) is 35.5 Å². The fraction of sp³-hybridized carbons (Fsp3) is 1.00. The van der Waals surface area contributed by atoms with Crippen molar-refractivity contribution in [1.29, 1.82) is 0 Å². The smallest absolute Gasteiger partial charge is 0.00752 e. The molecule has 0 aromatic carbocycles. The molecule has 1 aliphatic heterocycles. The van der Waals surface area contributed by atoms with Gasteiger partial charge in [-0.3, -0.25) is 4.90 Å². The van der Waals surface area contributed by atoms with E-state index in [9.17, 15) is 0 Å². The number of nitrogens with zero attached hydrogens (tertiary/aromatic N) is 1. The summed E-state index contributed by atoms with van der Waals surface area (Å²) in [5, 5.41) is 0. The van der Waals surface area contributed by atoms with Gasteiger partial charge in [-0.15, -0.1) is 0 Å². The van der Waals surface area contributed by atoms with Crippen molar-refractivity contribution in [1.82, 2.24) is 4.90 Å². The third kappa shape index (κ3) is 3.04. The Kier molecular flexibility index (Phi) is 4.31. The zero-order chi connectivity index (χ0) is 8.10. The van der Waals surface area contributed by atoms with E-state index in [-0.39, 0.29) is 0 Å². The number of thioether (sulfide) groups is 1. The van der Waals surface area contributed by atoms with Gasteiger partial charge in [-0.1, -0.05) is 6.92 Å². The van der Waals surface area contributed by atoms with E-state index < -0.39 is 0 Å². The minimum Gasteiger partial charge on any atom is -0.300 e. The summed E-state index contributed by atoms with van der Waals surface area (Å²) >= 11 is 2.11. The molecular formula is C9H19NS. The van der Waals surface area contributed by atoms with Gasteiger partial charge in [0.2, 0.25) is 0 Å². The van der Waals surface area contributed by atoms with Crippen LogP contribution in [0, 0.1) is 0 Å². The summed E-state index contributed by atoms with van der Waals surface area (Å²) in [6.07, 6.45) is 2.68. The van der Waals surface area contributed by atoms with Crippen LogP contribution in [-0.2, 0) is 0 Å². The van der Waals surface area contributed by atoms with Gasteiger partial charge in [0, 0.05) is 18.3 Å². The van der Waals surface area contributed by atoms with E-state index >= 15 is 0 Å². The maximum Gasteiger partial charge on any atom is 0.00752 e. The summed E-state index contributed by atoms with van der Waals surface area (Å²) in [4.78, 5) is 2.62. The third-order valence-corrected chi connectivity index (χ3v) is 3.52. The van der Waals surface area contributed by atoms with Crippen molar-refractivity contribution in [2.45, 2.75) is 32.7 Å². The Morgan fingerprint density at radius 1 is 1.36 bits per heavy atom. The summed E-state index contributed by atoms with van der Waals surface area (Å²) in [6, 6.07) is 0.800. The number of hydrogen-bond acceptors (Lipinski definition) is 2. The quantitative estimate of drug-likeness (QED) is 0.630. The van der Waals surface area contributed by atoms with E-state index in [1.807, 2.05) is 0 Å². The highest BCUT2D eigenvalue weighted by molar-refractivity contribution is 7.99. The van der Waals surface area contributed by atoms with Gasteiger partial charge in [0.25, 0.3) is 0 Å². The van der Waals surface area contributed by atoms with Gasteiger partial charge in [-0.05, 0) is 32.1 Å². The van der Waals surface area contributed by atoms with E-state index in [0.717, 1.165) is 6.04 Å². The van der Waals surface area contributed by atoms with Crippen LogP contribution in [0.5, 0.6) is 0 Å². The largest absolute Gasteiger partial charge is 0.300 e. The molecule has 1 heterocycles. The molecule has 1 aliphatic rings. The minimum absolute atomic E-state index is 0.800. The molecule has 0 aromatic rings. The molecule has 0 N–H and O–H groups in total. The topological polar surface area (TPSA) is 3.24 Å². The Balaban J connectivity index is 2.30. The molecule has 1 fully saturated rings. The van der Waals surface area contributed by atoms with Crippen molar-refractivity contribution < 1.29 is 0 Å². The predicted octanol–water partition coefficient (Wildman–Crippen LogP) is 2.22. The second-order valence-electron chi connectivity index (χ2n) is 3.26. The molecule has 66 valence electrons. The van der Waals surface area contributed by atoms with Gasteiger partial charge in [-0.25, -0.2) is 0 Å². The highest BCUT2D eigenvalue weighted by Crippen LogP contribution is 2.13. The van der Waals surface area contributed by atoms with Gasteiger partial charge < -0.3 is 0 Å². The summed E-state index contributed by atoms with van der Waals surface area (Å²) in [5.74, 6) is 2.71. The monoisotopic (exact) mass is 173 g/mol. The van der Waals surface area contributed by atoms with E-state index in [4.69, 9.17) is 0 Å². The van der Waals surface area contributed by atoms with Crippen molar-refractivity contribution in [2.24, 2.45) is 0 Å². The Labute approximate surface area is 74.5 Å². The molecule has 0 saturated carbocycles. The van der Waals surface area contributed by atoms with E-state index in [1.54, 1.807) is 0 Å². The SMILES string of the molecule is CCC(C)N1CCCSCC1. The highest BCUT2D eigenvalue weighted by Gasteiger charge is 2.13. The van der Waals surface area contributed by atoms with Crippen LogP contribution in [0.2, 0.25) is 0 Å². The first-order valence-electron chi connectivity index (χ1n) is 4.66. The van der Waals surface area contributed by atoms with Crippen LogP contribution in [0.4, 0.5) is 0 Å². The van der Waals surface area contributed by atoms with Crippen LogP contribution in [0.3, 0.4) is 0 Å².